The van der Waals surface area contributed by atoms with Crippen LogP contribution in [0, 0.1) is 0 Å². The maximum absolute atomic E-state index is 3.42. The minimum absolute atomic E-state index is 0.607. The number of benzene rings is 1. The topological polar surface area (TPSA) is 12.0 Å². The van der Waals surface area contributed by atoms with Crippen LogP contribution in [0.3, 0.4) is 0 Å². The molecule has 1 atom stereocenters. The third-order valence-corrected chi connectivity index (χ3v) is 2.31. The molecule has 0 saturated heterocycles. The number of rotatable bonds is 5. The first-order chi connectivity index (χ1) is 6.83. The average Bonchev–Trinajstić information content (AvgIpc) is 2.25. The summed E-state index contributed by atoms with van der Waals surface area (Å²) in [5.41, 5.74) is 1.26. The Hall–Kier alpha value is -1.08. The predicted octanol–water partition coefficient (Wildman–Crippen LogP) is 3.09. The molecule has 0 aliphatic rings. The van der Waals surface area contributed by atoms with Gasteiger partial charge >= 0.3 is 0 Å². The summed E-state index contributed by atoms with van der Waals surface area (Å²) in [7, 11) is 0. The van der Waals surface area contributed by atoms with Crippen LogP contribution in [0.1, 0.15) is 25.8 Å². The Labute approximate surface area is 86.8 Å². The molecular formula is C13H19N. The van der Waals surface area contributed by atoms with Crippen molar-refractivity contribution < 1.29 is 0 Å². The van der Waals surface area contributed by atoms with Crippen LogP contribution in [0.5, 0.6) is 0 Å². The van der Waals surface area contributed by atoms with Crippen molar-refractivity contribution in [3.05, 3.63) is 42.0 Å². The lowest BCUT2D eigenvalue weighted by atomic mass is 10.2. The summed E-state index contributed by atoms with van der Waals surface area (Å²) in [6.07, 6.45) is 5.50. The van der Waals surface area contributed by atoms with E-state index >= 15 is 0 Å². The Morgan fingerprint density at radius 2 is 2.00 bits per heavy atom. The van der Waals surface area contributed by atoms with Crippen LogP contribution >= 0.6 is 0 Å². The largest absolute Gasteiger partial charge is 0.311 e. The molecule has 76 valence electrons. The van der Waals surface area contributed by atoms with Gasteiger partial charge in [-0.3, -0.25) is 0 Å². The minimum atomic E-state index is 0.607. The fourth-order valence-electron chi connectivity index (χ4n) is 1.17. The van der Waals surface area contributed by atoms with E-state index in [2.05, 4.69) is 55.6 Å². The van der Waals surface area contributed by atoms with Gasteiger partial charge in [-0.1, -0.05) is 49.4 Å². The van der Waals surface area contributed by atoms with Gasteiger partial charge in [-0.15, -0.1) is 0 Å². The van der Waals surface area contributed by atoms with Gasteiger partial charge in [-0.2, -0.15) is 0 Å². The number of hydrogen-bond donors (Lipinski definition) is 1. The highest BCUT2D eigenvalue weighted by Crippen LogP contribution is 2.00. The summed E-state index contributed by atoms with van der Waals surface area (Å²) in [5, 5.41) is 3.42. The Kier molecular flexibility index (Phi) is 5.02. The van der Waals surface area contributed by atoms with E-state index in [1.54, 1.807) is 0 Å². The molecule has 1 N–H and O–H groups in total. The first-order valence-electron chi connectivity index (χ1n) is 5.28. The summed E-state index contributed by atoms with van der Waals surface area (Å²) in [4.78, 5) is 0. The van der Waals surface area contributed by atoms with Gasteiger partial charge in [0.25, 0.3) is 0 Å². The third-order valence-electron chi connectivity index (χ3n) is 2.31. The van der Waals surface area contributed by atoms with Crippen molar-refractivity contribution >= 4 is 6.08 Å². The van der Waals surface area contributed by atoms with Gasteiger partial charge in [0.2, 0.25) is 0 Å². The van der Waals surface area contributed by atoms with Crippen molar-refractivity contribution in [2.75, 3.05) is 6.54 Å². The maximum atomic E-state index is 3.42. The summed E-state index contributed by atoms with van der Waals surface area (Å²) in [6, 6.07) is 11.0. The van der Waals surface area contributed by atoms with E-state index in [1.165, 1.54) is 12.0 Å². The Morgan fingerprint density at radius 1 is 1.29 bits per heavy atom. The van der Waals surface area contributed by atoms with Crippen LogP contribution in [-0.2, 0) is 0 Å². The van der Waals surface area contributed by atoms with Crippen molar-refractivity contribution in [2.24, 2.45) is 0 Å². The highest BCUT2D eigenvalue weighted by Gasteiger charge is 1.92. The fraction of sp³-hybridized carbons (Fsp3) is 0.385. The van der Waals surface area contributed by atoms with Gasteiger partial charge < -0.3 is 5.32 Å². The Bertz CT molecular complexity index is 264. The maximum Gasteiger partial charge on any atom is 0.0140 e. The lowest BCUT2D eigenvalue weighted by molar-refractivity contribution is 0.568. The molecule has 0 fully saturated rings. The zero-order valence-corrected chi connectivity index (χ0v) is 9.03. The van der Waals surface area contributed by atoms with Gasteiger partial charge in [0.15, 0.2) is 0 Å². The van der Waals surface area contributed by atoms with Crippen LogP contribution in [0.4, 0.5) is 0 Å². The lowest BCUT2D eigenvalue weighted by Gasteiger charge is -2.07. The quantitative estimate of drug-likeness (QED) is 0.750. The highest BCUT2D eigenvalue weighted by molar-refractivity contribution is 5.48. The normalized spacial score (nSPS) is 13.3. The number of hydrogen-bond acceptors (Lipinski definition) is 1. The molecule has 1 heteroatoms. The molecular weight excluding hydrogens is 170 g/mol. The molecule has 0 saturated carbocycles. The molecule has 0 spiro atoms. The molecule has 0 aliphatic heterocycles. The Balaban J connectivity index is 2.28. The minimum Gasteiger partial charge on any atom is -0.311 e. The summed E-state index contributed by atoms with van der Waals surface area (Å²) in [6.45, 7) is 5.35. The van der Waals surface area contributed by atoms with E-state index in [0.717, 1.165) is 6.54 Å². The molecule has 0 unspecified atom stereocenters. The van der Waals surface area contributed by atoms with Crippen LogP contribution in [0.25, 0.3) is 6.08 Å². The number of nitrogens with one attached hydrogen (secondary N) is 1. The molecule has 0 aromatic heterocycles. The second-order valence-electron chi connectivity index (χ2n) is 3.53. The van der Waals surface area contributed by atoms with Crippen molar-refractivity contribution in [3.63, 3.8) is 0 Å². The summed E-state index contributed by atoms with van der Waals surface area (Å²) < 4.78 is 0. The van der Waals surface area contributed by atoms with Crippen LogP contribution in [0.2, 0.25) is 0 Å². The van der Waals surface area contributed by atoms with Crippen LogP contribution < -0.4 is 5.32 Å². The van der Waals surface area contributed by atoms with Crippen molar-refractivity contribution in [2.45, 2.75) is 26.3 Å². The monoisotopic (exact) mass is 189 g/mol. The Morgan fingerprint density at radius 3 is 2.64 bits per heavy atom. The van der Waals surface area contributed by atoms with Gasteiger partial charge in [0, 0.05) is 12.6 Å². The van der Waals surface area contributed by atoms with E-state index in [4.69, 9.17) is 0 Å². The first-order valence-corrected chi connectivity index (χ1v) is 5.28. The molecule has 0 bridgehead atoms. The molecule has 1 aromatic rings. The van der Waals surface area contributed by atoms with Crippen LogP contribution in [0.15, 0.2) is 36.4 Å². The molecule has 14 heavy (non-hydrogen) atoms. The van der Waals surface area contributed by atoms with E-state index in [1.807, 2.05) is 6.07 Å². The zero-order valence-electron chi connectivity index (χ0n) is 9.03. The molecule has 0 heterocycles. The SMILES string of the molecule is CC[C@@H](C)NC/C=C\c1ccccc1. The predicted molar refractivity (Wildman–Crippen MR) is 63.2 cm³/mol. The van der Waals surface area contributed by atoms with E-state index in [9.17, 15) is 0 Å². The fourth-order valence-corrected chi connectivity index (χ4v) is 1.17. The van der Waals surface area contributed by atoms with Crippen molar-refractivity contribution in [3.8, 4) is 0 Å². The van der Waals surface area contributed by atoms with E-state index < -0.39 is 0 Å². The van der Waals surface area contributed by atoms with Gasteiger partial charge in [0.1, 0.15) is 0 Å². The summed E-state index contributed by atoms with van der Waals surface area (Å²) >= 11 is 0. The second kappa shape index (κ2) is 6.39. The van der Waals surface area contributed by atoms with E-state index in [-0.39, 0.29) is 0 Å². The summed E-state index contributed by atoms with van der Waals surface area (Å²) in [5.74, 6) is 0. The highest BCUT2D eigenvalue weighted by atomic mass is 14.9. The molecule has 0 radical (unpaired) electrons. The standard InChI is InChI=1S/C13H19N/c1-3-12(2)14-11-7-10-13-8-5-4-6-9-13/h4-10,12,14H,3,11H2,1-2H3/b10-7-/t12-/m1/s1. The smallest absolute Gasteiger partial charge is 0.0140 e. The molecule has 0 aliphatic carbocycles. The molecule has 1 aromatic carbocycles. The van der Waals surface area contributed by atoms with E-state index in [0.29, 0.717) is 6.04 Å². The first kappa shape index (κ1) is 11.0. The molecule has 0 amide bonds. The third kappa shape index (κ3) is 4.24. The van der Waals surface area contributed by atoms with Crippen molar-refractivity contribution in [1.29, 1.82) is 0 Å². The zero-order chi connectivity index (χ0) is 10.2. The lowest BCUT2D eigenvalue weighted by Crippen LogP contribution is -2.24. The van der Waals surface area contributed by atoms with Gasteiger partial charge in [-0.05, 0) is 18.9 Å². The molecule has 1 rings (SSSR count). The van der Waals surface area contributed by atoms with Gasteiger partial charge in [0.05, 0.1) is 0 Å². The average molecular weight is 189 g/mol. The second-order valence-corrected chi connectivity index (χ2v) is 3.53. The van der Waals surface area contributed by atoms with Gasteiger partial charge in [-0.25, -0.2) is 0 Å². The molecule has 1 nitrogen and oxygen atoms in total. The van der Waals surface area contributed by atoms with Crippen molar-refractivity contribution in [1.82, 2.24) is 5.32 Å². The van der Waals surface area contributed by atoms with Crippen LogP contribution in [-0.4, -0.2) is 12.6 Å².